The maximum atomic E-state index is 8.02. The standard InChI is InChI=1S/C51H45N3/c1-50(2,3)35-22-27-40(28-23-35)53(38-16-10-8-11-17-38)48-33-46-43-31-26-37(52-7)32-47(43)49(34-45(46)42-20-14-15-21-44(42)48)54(39-18-12-9-13-19-39)41-29-24-36(25-30-41)51(4,5)6/h8-34H,1-6H3. The molecule has 8 aromatic rings. The van der Waals surface area contributed by atoms with E-state index in [1.807, 2.05) is 6.07 Å². The van der Waals surface area contributed by atoms with E-state index >= 15 is 0 Å². The van der Waals surface area contributed by atoms with Crippen LogP contribution in [-0.2, 0) is 10.8 Å². The van der Waals surface area contributed by atoms with E-state index in [-0.39, 0.29) is 10.8 Å². The molecule has 54 heavy (non-hydrogen) atoms. The number of hydrogen-bond acceptors (Lipinski definition) is 2. The topological polar surface area (TPSA) is 10.8 Å². The number of anilines is 6. The van der Waals surface area contributed by atoms with Crippen molar-refractivity contribution in [2.75, 3.05) is 9.80 Å². The molecule has 0 saturated heterocycles. The van der Waals surface area contributed by atoms with Crippen molar-refractivity contribution in [3.8, 4) is 0 Å². The average molecular weight is 700 g/mol. The van der Waals surface area contributed by atoms with E-state index in [0.717, 1.165) is 61.1 Å². The van der Waals surface area contributed by atoms with Gasteiger partial charge in [0.1, 0.15) is 0 Å². The van der Waals surface area contributed by atoms with E-state index in [0.29, 0.717) is 5.69 Å². The molecule has 0 aliphatic heterocycles. The molecule has 0 aromatic heterocycles. The van der Waals surface area contributed by atoms with Crippen LogP contribution in [0.1, 0.15) is 52.7 Å². The van der Waals surface area contributed by atoms with Crippen LogP contribution in [0, 0.1) is 6.57 Å². The first kappa shape index (κ1) is 34.7. The summed E-state index contributed by atoms with van der Waals surface area (Å²) >= 11 is 0. The summed E-state index contributed by atoms with van der Waals surface area (Å²) in [7, 11) is 0. The number of para-hydroxylation sites is 2. The van der Waals surface area contributed by atoms with Gasteiger partial charge in [0, 0.05) is 28.1 Å². The van der Waals surface area contributed by atoms with Gasteiger partial charge >= 0.3 is 0 Å². The van der Waals surface area contributed by atoms with Crippen LogP contribution in [0.4, 0.5) is 39.8 Å². The third-order valence-electron chi connectivity index (χ3n) is 10.5. The molecule has 0 heterocycles. The number of hydrogen-bond donors (Lipinski definition) is 0. The third-order valence-corrected chi connectivity index (χ3v) is 10.5. The molecule has 0 amide bonds. The Kier molecular flexibility index (Phi) is 8.71. The molecule has 0 N–H and O–H groups in total. The van der Waals surface area contributed by atoms with Gasteiger partial charge in [-0.25, -0.2) is 4.85 Å². The van der Waals surface area contributed by atoms with E-state index in [1.54, 1.807) is 0 Å². The van der Waals surface area contributed by atoms with Gasteiger partial charge in [0.2, 0.25) is 0 Å². The Morgan fingerprint density at radius 1 is 0.370 bits per heavy atom. The number of fused-ring (bicyclic) bond motifs is 5. The van der Waals surface area contributed by atoms with Crippen molar-refractivity contribution < 1.29 is 0 Å². The number of nitrogens with zero attached hydrogens (tertiary/aromatic N) is 3. The summed E-state index contributed by atoms with van der Waals surface area (Å²) in [5.41, 5.74) is 9.75. The molecular formula is C51H45N3. The second-order valence-electron chi connectivity index (χ2n) is 16.2. The van der Waals surface area contributed by atoms with Crippen LogP contribution in [0.5, 0.6) is 0 Å². The monoisotopic (exact) mass is 699 g/mol. The Morgan fingerprint density at radius 2 is 0.759 bits per heavy atom. The molecule has 0 atom stereocenters. The highest BCUT2D eigenvalue weighted by Crippen LogP contribution is 2.48. The molecule has 0 radical (unpaired) electrons. The molecule has 0 spiro atoms. The molecule has 8 rings (SSSR count). The molecule has 0 fully saturated rings. The lowest BCUT2D eigenvalue weighted by Gasteiger charge is -2.30. The van der Waals surface area contributed by atoms with E-state index < -0.39 is 0 Å². The lowest BCUT2D eigenvalue weighted by atomic mass is 9.87. The third kappa shape index (κ3) is 6.35. The molecule has 0 aliphatic rings. The van der Waals surface area contributed by atoms with Crippen molar-refractivity contribution in [1.82, 2.24) is 0 Å². The van der Waals surface area contributed by atoms with Gasteiger partial charge < -0.3 is 9.80 Å². The van der Waals surface area contributed by atoms with Crippen LogP contribution in [0.2, 0.25) is 0 Å². The summed E-state index contributed by atoms with van der Waals surface area (Å²) in [4.78, 5) is 8.64. The first-order valence-electron chi connectivity index (χ1n) is 18.7. The Labute approximate surface area is 319 Å². The first-order valence-corrected chi connectivity index (χ1v) is 18.7. The zero-order valence-electron chi connectivity index (χ0n) is 31.9. The van der Waals surface area contributed by atoms with Crippen molar-refractivity contribution in [3.63, 3.8) is 0 Å². The van der Waals surface area contributed by atoms with Crippen molar-refractivity contribution in [3.05, 3.63) is 186 Å². The van der Waals surface area contributed by atoms with Gasteiger partial charge in [0.15, 0.2) is 5.69 Å². The molecule has 3 heteroatoms. The van der Waals surface area contributed by atoms with Crippen LogP contribution in [0.15, 0.2) is 164 Å². The summed E-state index contributed by atoms with van der Waals surface area (Å²) in [6, 6.07) is 58.8. The molecule has 0 unspecified atom stereocenters. The zero-order chi connectivity index (χ0) is 37.6. The maximum absolute atomic E-state index is 8.02. The summed E-state index contributed by atoms with van der Waals surface area (Å²) in [6.07, 6.45) is 0. The summed E-state index contributed by atoms with van der Waals surface area (Å²) in [5.74, 6) is 0. The lowest BCUT2D eigenvalue weighted by molar-refractivity contribution is 0.590. The number of rotatable bonds is 6. The van der Waals surface area contributed by atoms with Crippen molar-refractivity contribution in [1.29, 1.82) is 0 Å². The smallest absolute Gasteiger partial charge is 0.187 e. The zero-order valence-corrected chi connectivity index (χ0v) is 31.9. The summed E-state index contributed by atoms with van der Waals surface area (Å²) in [6.45, 7) is 21.5. The summed E-state index contributed by atoms with van der Waals surface area (Å²) in [5, 5.41) is 6.77. The maximum Gasteiger partial charge on any atom is 0.187 e. The molecule has 0 bridgehead atoms. The Balaban J connectivity index is 1.44. The highest BCUT2D eigenvalue weighted by Gasteiger charge is 2.23. The minimum atomic E-state index is 0.0369. The fourth-order valence-electron chi connectivity index (χ4n) is 7.62. The van der Waals surface area contributed by atoms with Crippen LogP contribution < -0.4 is 9.80 Å². The average Bonchev–Trinajstić information content (AvgIpc) is 3.18. The molecular weight excluding hydrogens is 655 g/mol. The largest absolute Gasteiger partial charge is 0.310 e. The van der Waals surface area contributed by atoms with Crippen LogP contribution in [0.25, 0.3) is 37.2 Å². The highest BCUT2D eigenvalue weighted by atomic mass is 15.1. The van der Waals surface area contributed by atoms with Crippen molar-refractivity contribution in [2.24, 2.45) is 0 Å². The quantitative estimate of drug-likeness (QED) is 0.126. The van der Waals surface area contributed by atoms with Gasteiger partial charge in [-0.2, -0.15) is 0 Å². The van der Waals surface area contributed by atoms with Gasteiger partial charge in [-0.3, -0.25) is 0 Å². The first-order chi connectivity index (χ1) is 26.0. The number of benzene rings is 8. The van der Waals surface area contributed by atoms with Crippen molar-refractivity contribution >= 4 is 72.1 Å². The molecule has 264 valence electrons. The Morgan fingerprint density at radius 3 is 1.20 bits per heavy atom. The minimum Gasteiger partial charge on any atom is -0.310 e. The predicted octanol–water partition coefficient (Wildman–Crippen LogP) is 15.2. The fraction of sp³-hybridized carbons (Fsp3) is 0.157. The fourth-order valence-corrected chi connectivity index (χ4v) is 7.62. The second kappa shape index (κ2) is 13.6. The molecule has 8 aromatic carbocycles. The Hall–Kier alpha value is -6.37. The van der Waals surface area contributed by atoms with E-state index in [1.165, 1.54) is 16.5 Å². The normalized spacial score (nSPS) is 11.9. The molecule has 0 saturated carbocycles. The minimum absolute atomic E-state index is 0.0369. The van der Waals surface area contributed by atoms with Crippen LogP contribution in [-0.4, -0.2) is 0 Å². The van der Waals surface area contributed by atoms with Gasteiger partial charge in [0.25, 0.3) is 0 Å². The highest BCUT2D eigenvalue weighted by molar-refractivity contribution is 6.25. The Bertz CT molecular complexity index is 2660. The van der Waals surface area contributed by atoms with E-state index in [2.05, 4.69) is 214 Å². The van der Waals surface area contributed by atoms with Gasteiger partial charge in [-0.1, -0.05) is 139 Å². The molecule has 3 nitrogen and oxygen atoms in total. The van der Waals surface area contributed by atoms with Crippen LogP contribution in [0.3, 0.4) is 0 Å². The molecule has 0 aliphatic carbocycles. The lowest BCUT2D eigenvalue weighted by Crippen LogP contribution is -2.14. The van der Waals surface area contributed by atoms with Crippen LogP contribution >= 0.6 is 0 Å². The van der Waals surface area contributed by atoms with E-state index in [4.69, 9.17) is 6.57 Å². The van der Waals surface area contributed by atoms with Gasteiger partial charge in [-0.15, -0.1) is 0 Å². The SMILES string of the molecule is [C-]#[N+]c1ccc2c(c1)c(N(c1ccccc1)c1ccc(C(C)(C)C)cc1)cc1c3ccccc3c(N(c3ccccc3)c3ccc(C(C)(C)C)cc3)cc21. The van der Waals surface area contributed by atoms with E-state index in [9.17, 15) is 0 Å². The predicted molar refractivity (Wildman–Crippen MR) is 232 cm³/mol. The van der Waals surface area contributed by atoms with Crippen molar-refractivity contribution in [2.45, 2.75) is 52.4 Å². The second-order valence-corrected chi connectivity index (χ2v) is 16.2. The summed E-state index contributed by atoms with van der Waals surface area (Å²) < 4.78 is 0. The van der Waals surface area contributed by atoms with Gasteiger partial charge in [0.05, 0.1) is 17.9 Å². The van der Waals surface area contributed by atoms with Gasteiger partial charge in [-0.05, 0) is 116 Å².